The third-order valence-corrected chi connectivity index (χ3v) is 8.93. The summed E-state index contributed by atoms with van der Waals surface area (Å²) in [5.41, 5.74) is -1.23. The van der Waals surface area contributed by atoms with Crippen molar-refractivity contribution in [3.63, 3.8) is 0 Å². The van der Waals surface area contributed by atoms with E-state index in [1.165, 1.54) is 6.92 Å². The molecule has 3 aliphatic rings. The van der Waals surface area contributed by atoms with Crippen molar-refractivity contribution in [3.8, 4) is 5.75 Å². The highest BCUT2D eigenvalue weighted by Crippen LogP contribution is 2.55. The number of amides is 1. The molecule has 2 saturated carbocycles. The molecule has 9 heteroatoms. The third-order valence-electron chi connectivity index (χ3n) is 8.93. The summed E-state index contributed by atoms with van der Waals surface area (Å²) in [7, 11) is 1.70. The van der Waals surface area contributed by atoms with E-state index in [4.69, 9.17) is 9.47 Å². The lowest BCUT2D eigenvalue weighted by Crippen LogP contribution is -2.70. The summed E-state index contributed by atoms with van der Waals surface area (Å²) in [6, 6.07) is 15.4. The van der Waals surface area contributed by atoms with E-state index in [9.17, 15) is 22.8 Å². The Bertz CT molecular complexity index is 1290. The second kappa shape index (κ2) is 11.6. The fourth-order valence-electron chi connectivity index (χ4n) is 6.82. The van der Waals surface area contributed by atoms with Crippen molar-refractivity contribution in [3.05, 3.63) is 71.3 Å². The smallest absolute Gasteiger partial charge is 0.421 e. The van der Waals surface area contributed by atoms with Gasteiger partial charge in [0.05, 0.1) is 11.8 Å². The lowest BCUT2D eigenvalue weighted by Gasteiger charge is -2.60. The summed E-state index contributed by atoms with van der Waals surface area (Å²) in [5.74, 6) is -0.716. The molecule has 0 radical (unpaired) electrons. The van der Waals surface area contributed by atoms with Crippen molar-refractivity contribution in [2.75, 3.05) is 20.2 Å². The van der Waals surface area contributed by atoms with Crippen LogP contribution in [-0.4, -0.2) is 54.9 Å². The summed E-state index contributed by atoms with van der Waals surface area (Å²) < 4.78 is 54.4. The molecule has 1 heterocycles. The van der Waals surface area contributed by atoms with Gasteiger partial charge in [-0.1, -0.05) is 55.3 Å². The molecular weight excluding hydrogens is 533 g/mol. The van der Waals surface area contributed by atoms with Gasteiger partial charge in [0.1, 0.15) is 11.3 Å². The molecule has 1 amide bonds. The molecule has 2 aromatic rings. The van der Waals surface area contributed by atoms with E-state index >= 15 is 0 Å². The van der Waals surface area contributed by atoms with Gasteiger partial charge in [-0.25, -0.2) is 0 Å². The number of halogens is 3. The van der Waals surface area contributed by atoms with Crippen molar-refractivity contribution in [1.82, 2.24) is 10.2 Å². The monoisotopic (exact) mass is 570 g/mol. The fourth-order valence-corrected chi connectivity index (χ4v) is 6.82. The lowest BCUT2D eigenvalue weighted by molar-refractivity contribution is -0.166. The van der Waals surface area contributed by atoms with Crippen LogP contribution >= 0.6 is 0 Å². The maximum absolute atomic E-state index is 14.2. The molecule has 6 nitrogen and oxygen atoms in total. The number of alkyl halides is 3. The zero-order chi connectivity index (χ0) is 29.3. The number of fused-ring (bicyclic) bond motifs is 1. The minimum Gasteiger partial charge on any atom is -0.427 e. The van der Waals surface area contributed by atoms with E-state index < -0.39 is 40.8 Å². The average molecular weight is 571 g/mol. The SMILES string of the molecule is COC12CCCC[C@@]1(c1cccc(OC(C)=O)c1)C[C@@H](NC(=O)C(=Cc1ccccc1)C(F)(F)F)N(CC1CC1)C2. The molecule has 1 N–H and O–H groups in total. The zero-order valence-electron chi connectivity index (χ0n) is 23.5. The summed E-state index contributed by atoms with van der Waals surface area (Å²) in [5, 5.41) is 2.80. The van der Waals surface area contributed by atoms with Gasteiger partial charge in [0.15, 0.2) is 0 Å². The molecule has 1 saturated heterocycles. The molecule has 3 fully saturated rings. The minimum atomic E-state index is -4.83. The molecule has 0 bridgehead atoms. The average Bonchev–Trinajstić information content (AvgIpc) is 3.76. The van der Waals surface area contributed by atoms with E-state index in [1.54, 1.807) is 43.5 Å². The number of esters is 1. The maximum Gasteiger partial charge on any atom is 0.421 e. The van der Waals surface area contributed by atoms with Crippen LogP contribution in [0.4, 0.5) is 13.2 Å². The van der Waals surface area contributed by atoms with Gasteiger partial charge in [-0.3, -0.25) is 14.5 Å². The number of nitrogens with one attached hydrogen (secondary N) is 1. The number of benzene rings is 2. The normalized spacial score (nSPS) is 27.1. The van der Waals surface area contributed by atoms with Crippen LogP contribution in [0.3, 0.4) is 0 Å². The van der Waals surface area contributed by atoms with Gasteiger partial charge in [0, 0.05) is 32.5 Å². The largest absolute Gasteiger partial charge is 0.427 e. The van der Waals surface area contributed by atoms with Crippen molar-refractivity contribution >= 4 is 18.0 Å². The van der Waals surface area contributed by atoms with Crippen LogP contribution in [0, 0.1) is 5.92 Å². The van der Waals surface area contributed by atoms with E-state index in [1.807, 2.05) is 18.2 Å². The van der Waals surface area contributed by atoms with Crippen LogP contribution in [0.15, 0.2) is 60.2 Å². The molecule has 1 unspecified atom stereocenters. The van der Waals surface area contributed by atoms with Crippen LogP contribution < -0.4 is 10.1 Å². The Kier molecular flexibility index (Phi) is 8.30. The lowest BCUT2D eigenvalue weighted by atomic mass is 9.55. The van der Waals surface area contributed by atoms with Gasteiger partial charge in [-0.15, -0.1) is 0 Å². The summed E-state index contributed by atoms with van der Waals surface area (Å²) >= 11 is 0. The van der Waals surface area contributed by atoms with Crippen LogP contribution in [-0.2, 0) is 19.7 Å². The van der Waals surface area contributed by atoms with E-state index in [-0.39, 0.29) is 0 Å². The Balaban J connectivity index is 1.53. The van der Waals surface area contributed by atoms with Gasteiger partial charge in [0.25, 0.3) is 5.91 Å². The molecule has 3 atom stereocenters. The number of carbonyl (C=O) groups is 2. The molecule has 0 aromatic heterocycles. The molecule has 2 aliphatic carbocycles. The molecule has 5 rings (SSSR count). The Labute approximate surface area is 238 Å². The zero-order valence-corrected chi connectivity index (χ0v) is 23.5. The second-order valence-corrected chi connectivity index (χ2v) is 11.6. The van der Waals surface area contributed by atoms with Crippen molar-refractivity contribution in [2.45, 2.75) is 75.2 Å². The quantitative estimate of drug-likeness (QED) is 0.239. The first kappa shape index (κ1) is 29.3. The number of hydrogen-bond donors (Lipinski definition) is 1. The number of likely N-dealkylation sites (tertiary alicyclic amines) is 1. The second-order valence-electron chi connectivity index (χ2n) is 11.6. The molecule has 41 heavy (non-hydrogen) atoms. The van der Waals surface area contributed by atoms with Crippen LogP contribution in [0.25, 0.3) is 6.08 Å². The highest BCUT2D eigenvalue weighted by molar-refractivity contribution is 5.99. The van der Waals surface area contributed by atoms with Gasteiger partial charge >= 0.3 is 12.1 Å². The predicted molar refractivity (Wildman–Crippen MR) is 149 cm³/mol. The summed E-state index contributed by atoms with van der Waals surface area (Å²) in [6.07, 6.45) is 1.34. The topological polar surface area (TPSA) is 67.9 Å². The first-order chi connectivity index (χ1) is 19.5. The maximum atomic E-state index is 14.2. The van der Waals surface area contributed by atoms with Crippen LogP contribution in [0.1, 0.15) is 63.0 Å². The Morgan fingerprint density at radius 1 is 1.07 bits per heavy atom. The molecule has 220 valence electrons. The molecular formula is C32H37F3N2O4. The Morgan fingerprint density at radius 3 is 2.46 bits per heavy atom. The molecule has 0 spiro atoms. The first-order valence-corrected chi connectivity index (χ1v) is 14.3. The van der Waals surface area contributed by atoms with Crippen molar-refractivity contribution < 1.29 is 32.2 Å². The van der Waals surface area contributed by atoms with Crippen LogP contribution in [0.2, 0.25) is 0 Å². The van der Waals surface area contributed by atoms with E-state index in [0.717, 1.165) is 50.2 Å². The summed E-state index contributed by atoms with van der Waals surface area (Å²) in [6.45, 7) is 2.50. The first-order valence-electron chi connectivity index (χ1n) is 14.3. The number of piperidine rings is 1. The highest BCUT2D eigenvalue weighted by atomic mass is 19.4. The standard InChI is InChI=1S/C32H37F3N2O4/c1-22(38)41-26-12-8-11-25(18-26)30-15-6-7-16-31(30,40-2)21-37(20-24-13-14-24)28(19-30)36-29(39)27(32(33,34)35)17-23-9-4-3-5-10-23/h3-5,8-12,17-18,24,28H,6-7,13-16,19-21H2,1-2H3,(H,36,39)/t28-,30-,31?/m0/s1. The molecule has 2 aromatic carbocycles. The Hall–Kier alpha value is -3.17. The fraction of sp³-hybridized carbons (Fsp3) is 0.500. The number of ether oxygens (including phenoxy) is 2. The van der Waals surface area contributed by atoms with Gasteiger partial charge in [-0.05, 0) is 67.4 Å². The minimum absolute atomic E-state index is 0.304. The van der Waals surface area contributed by atoms with E-state index in [0.29, 0.717) is 36.7 Å². The summed E-state index contributed by atoms with van der Waals surface area (Å²) in [4.78, 5) is 27.2. The number of hydrogen-bond acceptors (Lipinski definition) is 5. The third kappa shape index (κ3) is 6.21. The number of nitrogens with zero attached hydrogens (tertiary/aromatic N) is 1. The van der Waals surface area contributed by atoms with Gasteiger partial charge in [-0.2, -0.15) is 13.2 Å². The highest BCUT2D eigenvalue weighted by Gasteiger charge is 2.60. The van der Waals surface area contributed by atoms with E-state index in [2.05, 4.69) is 10.2 Å². The van der Waals surface area contributed by atoms with Crippen LogP contribution in [0.5, 0.6) is 5.75 Å². The predicted octanol–water partition coefficient (Wildman–Crippen LogP) is 6.01. The van der Waals surface area contributed by atoms with Gasteiger partial charge < -0.3 is 14.8 Å². The number of methoxy groups -OCH3 is 1. The van der Waals surface area contributed by atoms with Crippen molar-refractivity contribution in [1.29, 1.82) is 0 Å². The number of rotatable bonds is 8. The Morgan fingerprint density at radius 2 is 1.80 bits per heavy atom. The van der Waals surface area contributed by atoms with Crippen molar-refractivity contribution in [2.24, 2.45) is 5.92 Å². The molecule has 1 aliphatic heterocycles. The number of carbonyl (C=O) groups excluding carboxylic acids is 2. The van der Waals surface area contributed by atoms with Gasteiger partial charge in [0.2, 0.25) is 0 Å².